The summed E-state index contributed by atoms with van der Waals surface area (Å²) in [6.07, 6.45) is -2.00. The van der Waals surface area contributed by atoms with Crippen LogP contribution in [-0.4, -0.2) is 35.7 Å². The molecule has 0 saturated carbocycles. The van der Waals surface area contributed by atoms with Crippen LogP contribution < -0.4 is 9.47 Å². The zero-order chi connectivity index (χ0) is 18.5. The van der Waals surface area contributed by atoms with Crippen molar-refractivity contribution in [3.8, 4) is 11.5 Å². The molecule has 140 valence electrons. The number of benzene rings is 1. The summed E-state index contributed by atoms with van der Waals surface area (Å²) >= 11 is 0. The Balaban J connectivity index is 1.76. The van der Waals surface area contributed by atoms with Gasteiger partial charge in [0.25, 0.3) is 0 Å². The van der Waals surface area contributed by atoms with Crippen LogP contribution in [0, 0.1) is 6.92 Å². The highest BCUT2D eigenvalue weighted by Gasteiger charge is 2.48. The summed E-state index contributed by atoms with van der Waals surface area (Å²) in [6, 6.07) is 3.11. The highest BCUT2D eigenvalue weighted by molar-refractivity contribution is 7.89. The largest absolute Gasteiger partial charge is 0.586 e. The van der Waals surface area contributed by atoms with E-state index in [-0.39, 0.29) is 23.1 Å². The quantitative estimate of drug-likeness (QED) is 0.799. The molecule has 2 aliphatic rings. The second-order valence-electron chi connectivity index (χ2n) is 6.06. The molecule has 1 unspecified atom stereocenters. The van der Waals surface area contributed by atoms with Crippen LogP contribution in [-0.2, 0) is 10.0 Å². The molecule has 3 heterocycles. The number of ether oxygens (including phenoxy) is 2. The topological polar surface area (TPSA) is 94.8 Å². The zero-order valence-electron chi connectivity index (χ0n) is 13.7. The normalized spacial score (nSPS) is 22.5. The van der Waals surface area contributed by atoms with Gasteiger partial charge < -0.3 is 14.0 Å². The van der Waals surface area contributed by atoms with Gasteiger partial charge in [-0.3, -0.25) is 0 Å². The van der Waals surface area contributed by atoms with Crippen LogP contribution >= 0.6 is 0 Å². The third-order valence-corrected chi connectivity index (χ3v) is 6.19. The molecule has 0 radical (unpaired) electrons. The Labute approximate surface area is 147 Å². The first-order chi connectivity index (χ1) is 12.3. The van der Waals surface area contributed by atoms with Crippen molar-refractivity contribution in [3.05, 3.63) is 29.9 Å². The van der Waals surface area contributed by atoms with E-state index in [0.29, 0.717) is 18.7 Å². The number of nitrogens with zero attached hydrogens (tertiary/aromatic N) is 3. The van der Waals surface area contributed by atoms with Crippen molar-refractivity contribution in [1.29, 1.82) is 0 Å². The highest BCUT2D eigenvalue weighted by Crippen LogP contribution is 2.47. The van der Waals surface area contributed by atoms with Crippen LogP contribution in [0.3, 0.4) is 0 Å². The fourth-order valence-electron chi connectivity index (χ4n) is 3.16. The lowest BCUT2D eigenvalue weighted by Gasteiger charge is -2.32. The number of hydrogen-bond donors (Lipinski definition) is 0. The Kier molecular flexibility index (Phi) is 3.88. The minimum Gasteiger partial charge on any atom is -0.395 e. The summed E-state index contributed by atoms with van der Waals surface area (Å²) in [5.74, 6) is -0.248. The van der Waals surface area contributed by atoms with E-state index in [1.54, 1.807) is 6.92 Å². The first kappa shape index (κ1) is 17.2. The Morgan fingerprint density at radius 1 is 1.27 bits per heavy atom. The van der Waals surface area contributed by atoms with E-state index in [1.807, 2.05) is 0 Å². The van der Waals surface area contributed by atoms with Crippen LogP contribution in [0.2, 0.25) is 0 Å². The van der Waals surface area contributed by atoms with Crippen LogP contribution in [0.1, 0.15) is 37.0 Å². The smallest absolute Gasteiger partial charge is 0.395 e. The Hall–Kier alpha value is -2.27. The molecular weight excluding hydrogens is 372 g/mol. The van der Waals surface area contributed by atoms with E-state index in [1.165, 1.54) is 22.5 Å². The molecule has 0 aliphatic carbocycles. The number of piperidine rings is 1. The van der Waals surface area contributed by atoms with Crippen LogP contribution in [0.4, 0.5) is 8.78 Å². The van der Waals surface area contributed by atoms with Crippen molar-refractivity contribution in [2.24, 2.45) is 0 Å². The first-order valence-electron chi connectivity index (χ1n) is 7.99. The molecule has 0 amide bonds. The molecule has 1 fully saturated rings. The maximum Gasteiger partial charge on any atom is 0.586 e. The molecule has 1 aromatic heterocycles. The fraction of sp³-hybridized carbons (Fsp3) is 0.467. The molecule has 26 heavy (non-hydrogen) atoms. The number of alkyl halides is 2. The molecule has 4 rings (SSSR count). The standard InChI is InChI=1S/C15H15F2N3O5S/c1-9-18-14(25-19-9)10-5-2-3-8-20(10)26(21,22)12-7-4-6-11-13(12)24-15(16,17)23-11/h4,6-7,10H,2-3,5,8H2,1H3. The lowest BCUT2D eigenvalue weighted by atomic mass is 10.1. The average Bonchev–Trinajstić information content (AvgIpc) is 3.15. The number of aromatic nitrogens is 2. The number of sulfonamides is 1. The van der Waals surface area contributed by atoms with Crippen LogP contribution in [0.25, 0.3) is 0 Å². The molecule has 0 N–H and O–H groups in total. The van der Waals surface area contributed by atoms with Gasteiger partial charge >= 0.3 is 6.29 Å². The van der Waals surface area contributed by atoms with Gasteiger partial charge in [0.2, 0.25) is 15.9 Å². The third kappa shape index (κ3) is 2.80. The van der Waals surface area contributed by atoms with E-state index in [0.717, 1.165) is 6.42 Å². The summed E-state index contributed by atoms with van der Waals surface area (Å²) < 4.78 is 68.3. The lowest BCUT2D eigenvalue weighted by molar-refractivity contribution is -0.287. The van der Waals surface area contributed by atoms with Crippen LogP contribution in [0.5, 0.6) is 11.5 Å². The Morgan fingerprint density at radius 2 is 2.08 bits per heavy atom. The van der Waals surface area contributed by atoms with Gasteiger partial charge in [-0.1, -0.05) is 17.6 Å². The average molecular weight is 387 g/mol. The molecule has 0 spiro atoms. The molecule has 2 aromatic rings. The van der Waals surface area contributed by atoms with Crippen molar-refractivity contribution >= 4 is 10.0 Å². The predicted molar refractivity (Wildman–Crippen MR) is 82.2 cm³/mol. The number of halogens is 2. The van der Waals surface area contributed by atoms with E-state index in [4.69, 9.17) is 4.52 Å². The van der Waals surface area contributed by atoms with Crippen molar-refractivity contribution in [2.75, 3.05) is 6.54 Å². The molecule has 11 heteroatoms. The SMILES string of the molecule is Cc1noc(C2CCCCN2S(=O)(=O)c2cccc3c2OC(F)(F)O3)n1. The van der Waals surface area contributed by atoms with Gasteiger partial charge in [0.15, 0.2) is 17.3 Å². The summed E-state index contributed by atoms with van der Waals surface area (Å²) in [6.45, 7) is 1.83. The second kappa shape index (κ2) is 5.88. The highest BCUT2D eigenvalue weighted by atomic mass is 32.2. The molecular formula is C15H15F2N3O5S. The minimum atomic E-state index is -4.16. The van der Waals surface area contributed by atoms with E-state index < -0.39 is 28.1 Å². The predicted octanol–water partition coefficient (Wildman–Crippen LogP) is 2.62. The van der Waals surface area contributed by atoms with Crippen molar-refractivity contribution in [1.82, 2.24) is 14.4 Å². The monoisotopic (exact) mass is 387 g/mol. The number of aryl methyl sites for hydroxylation is 1. The molecule has 8 nitrogen and oxygen atoms in total. The fourth-order valence-corrected chi connectivity index (χ4v) is 4.94. The number of fused-ring (bicyclic) bond motifs is 1. The summed E-state index contributed by atoms with van der Waals surface area (Å²) in [5.41, 5.74) is 0. The van der Waals surface area contributed by atoms with Gasteiger partial charge in [0, 0.05) is 6.54 Å². The van der Waals surface area contributed by atoms with Crippen LogP contribution in [0.15, 0.2) is 27.6 Å². The maximum atomic E-state index is 13.4. The summed E-state index contributed by atoms with van der Waals surface area (Å²) in [5, 5.41) is 3.71. The van der Waals surface area contributed by atoms with E-state index in [9.17, 15) is 17.2 Å². The summed E-state index contributed by atoms with van der Waals surface area (Å²) in [7, 11) is -4.16. The van der Waals surface area contributed by atoms with Crippen molar-refractivity contribution in [3.63, 3.8) is 0 Å². The first-order valence-corrected chi connectivity index (χ1v) is 9.43. The van der Waals surface area contributed by atoms with Gasteiger partial charge in [-0.2, -0.15) is 9.29 Å². The van der Waals surface area contributed by atoms with Gasteiger partial charge in [-0.25, -0.2) is 8.42 Å². The van der Waals surface area contributed by atoms with Crippen molar-refractivity contribution < 1.29 is 31.2 Å². The van der Waals surface area contributed by atoms with Gasteiger partial charge in [-0.15, -0.1) is 8.78 Å². The zero-order valence-corrected chi connectivity index (χ0v) is 14.5. The second-order valence-corrected chi connectivity index (χ2v) is 7.92. The molecule has 0 bridgehead atoms. The lowest BCUT2D eigenvalue weighted by Crippen LogP contribution is -2.38. The van der Waals surface area contributed by atoms with Crippen molar-refractivity contribution in [2.45, 2.75) is 43.4 Å². The van der Waals surface area contributed by atoms with E-state index in [2.05, 4.69) is 19.6 Å². The summed E-state index contributed by atoms with van der Waals surface area (Å²) in [4.78, 5) is 3.75. The van der Waals surface area contributed by atoms with Gasteiger partial charge in [0.1, 0.15) is 10.9 Å². The molecule has 2 aliphatic heterocycles. The Bertz CT molecular complexity index is 947. The minimum absolute atomic E-state index is 0.181. The molecule has 1 saturated heterocycles. The van der Waals surface area contributed by atoms with Gasteiger partial charge in [0.05, 0.1) is 0 Å². The number of hydrogen-bond acceptors (Lipinski definition) is 7. The third-order valence-electron chi connectivity index (χ3n) is 4.26. The number of rotatable bonds is 3. The molecule has 1 aromatic carbocycles. The number of para-hydroxylation sites is 1. The van der Waals surface area contributed by atoms with Gasteiger partial charge in [-0.05, 0) is 31.9 Å². The van der Waals surface area contributed by atoms with E-state index >= 15 is 0 Å². The molecule has 1 atom stereocenters. The maximum absolute atomic E-state index is 13.4. The Morgan fingerprint density at radius 3 is 2.81 bits per heavy atom.